The Hall–Kier alpha value is -0.890. The van der Waals surface area contributed by atoms with Crippen molar-refractivity contribution in [1.82, 2.24) is 9.78 Å². The summed E-state index contributed by atoms with van der Waals surface area (Å²) in [6.07, 6.45) is -3.36. The average molecular weight is 330 g/mol. The van der Waals surface area contributed by atoms with Gasteiger partial charge in [-0.15, -0.1) is 11.8 Å². The molecule has 9 heteroatoms. The number of aromatic nitrogens is 2. The van der Waals surface area contributed by atoms with Crippen molar-refractivity contribution < 1.29 is 18.0 Å². The first-order valence-corrected chi connectivity index (χ1v) is 7.06. The third-order valence-corrected chi connectivity index (χ3v) is 3.50. The summed E-state index contributed by atoms with van der Waals surface area (Å²) in [5, 5.41) is 5.98. The molecule has 0 unspecified atom stereocenters. The van der Waals surface area contributed by atoms with Crippen LogP contribution in [0.25, 0.3) is 0 Å². The molecule has 1 aromatic rings. The molecule has 0 fully saturated rings. The molecule has 0 bridgehead atoms. The summed E-state index contributed by atoms with van der Waals surface area (Å²) in [7, 11) is 0. The third-order valence-electron chi connectivity index (χ3n) is 1.95. The van der Waals surface area contributed by atoms with Gasteiger partial charge in [0.25, 0.3) is 0 Å². The fourth-order valence-electron chi connectivity index (χ4n) is 1.20. The van der Waals surface area contributed by atoms with Crippen molar-refractivity contribution in [2.24, 2.45) is 0 Å². The Morgan fingerprint density at radius 2 is 2.05 bits per heavy atom. The van der Waals surface area contributed by atoms with Gasteiger partial charge in [-0.3, -0.25) is 9.48 Å². The predicted octanol–water partition coefficient (Wildman–Crippen LogP) is 3.57. The minimum Gasteiger partial charge on any atom is -0.307 e. The first-order valence-electron chi connectivity index (χ1n) is 5.70. The Morgan fingerprint density at radius 3 is 2.55 bits per heavy atom. The lowest BCUT2D eigenvalue weighted by atomic mass is 10.3. The van der Waals surface area contributed by atoms with Crippen LogP contribution < -0.4 is 5.32 Å². The molecule has 114 valence electrons. The van der Waals surface area contributed by atoms with E-state index in [4.69, 9.17) is 11.6 Å². The normalized spacial score (nSPS) is 12.6. The summed E-state index contributed by atoms with van der Waals surface area (Å²) in [6.45, 7) is 4.61. The van der Waals surface area contributed by atoms with Crippen molar-refractivity contribution >= 4 is 35.1 Å². The summed E-state index contributed by atoms with van der Waals surface area (Å²) in [5.41, 5.74) is 0. The maximum atomic E-state index is 12.2. The van der Waals surface area contributed by atoms with E-state index in [2.05, 4.69) is 10.4 Å². The van der Waals surface area contributed by atoms with Crippen LogP contribution in [0.5, 0.6) is 0 Å². The molecule has 1 amide bonds. The molecule has 1 heterocycles. The average Bonchev–Trinajstić information content (AvgIpc) is 2.52. The maximum Gasteiger partial charge on any atom is 0.408 e. The summed E-state index contributed by atoms with van der Waals surface area (Å²) in [4.78, 5) is 11.6. The molecule has 4 nitrogen and oxygen atoms in total. The highest BCUT2D eigenvalue weighted by molar-refractivity contribution is 8.01. The Bertz CT molecular complexity index is 482. The molecule has 1 N–H and O–H groups in total. The fraction of sp³-hybridized carbons (Fsp3) is 0.636. The monoisotopic (exact) mass is 329 g/mol. The Kier molecular flexibility index (Phi) is 5.37. The van der Waals surface area contributed by atoms with Gasteiger partial charge in [0.15, 0.2) is 5.82 Å². The van der Waals surface area contributed by atoms with Crippen LogP contribution in [0.3, 0.4) is 0 Å². The zero-order chi connectivity index (χ0) is 15.6. The number of amides is 1. The summed E-state index contributed by atoms with van der Waals surface area (Å²) >= 11 is 7.15. The number of carbonyl (C=O) groups excluding carboxylic acids is 1. The van der Waals surface area contributed by atoms with Crippen molar-refractivity contribution in [3.63, 3.8) is 0 Å². The largest absolute Gasteiger partial charge is 0.408 e. The molecule has 0 radical (unpaired) electrons. The summed E-state index contributed by atoms with van der Waals surface area (Å²) < 4.78 is 37.2. The van der Waals surface area contributed by atoms with Gasteiger partial charge in [-0.2, -0.15) is 18.3 Å². The van der Waals surface area contributed by atoms with Gasteiger partial charge in [0, 0.05) is 10.9 Å². The highest BCUT2D eigenvalue weighted by Gasteiger charge is 2.29. The van der Waals surface area contributed by atoms with Crippen LogP contribution in [0.2, 0.25) is 5.02 Å². The van der Waals surface area contributed by atoms with Gasteiger partial charge < -0.3 is 5.32 Å². The second-order valence-electron chi connectivity index (χ2n) is 5.09. The van der Waals surface area contributed by atoms with Crippen LogP contribution in [0.15, 0.2) is 6.20 Å². The molecular weight excluding hydrogens is 315 g/mol. The van der Waals surface area contributed by atoms with Gasteiger partial charge in [0.2, 0.25) is 5.91 Å². The molecule has 0 spiro atoms. The van der Waals surface area contributed by atoms with E-state index < -0.39 is 12.7 Å². The molecule has 0 aliphatic heterocycles. The van der Waals surface area contributed by atoms with Crippen LogP contribution in [-0.2, 0) is 11.3 Å². The number of alkyl halides is 3. The molecule has 0 saturated carbocycles. The van der Waals surface area contributed by atoms with E-state index in [1.807, 2.05) is 20.8 Å². The lowest BCUT2D eigenvalue weighted by molar-refractivity contribution is -0.142. The first kappa shape index (κ1) is 17.2. The number of anilines is 1. The number of carbonyl (C=O) groups is 1. The zero-order valence-electron chi connectivity index (χ0n) is 11.2. The molecule has 0 aromatic carbocycles. The van der Waals surface area contributed by atoms with Gasteiger partial charge in [-0.25, -0.2) is 0 Å². The lowest BCUT2D eigenvalue weighted by Gasteiger charge is -2.16. The lowest BCUT2D eigenvalue weighted by Crippen LogP contribution is -2.20. The van der Waals surface area contributed by atoms with Gasteiger partial charge in [-0.1, -0.05) is 32.4 Å². The van der Waals surface area contributed by atoms with Crippen LogP contribution in [-0.4, -0.2) is 32.4 Å². The summed E-state index contributed by atoms with van der Waals surface area (Å²) in [6, 6.07) is 0. The van der Waals surface area contributed by atoms with Gasteiger partial charge in [0.05, 0.1) is 5.75 Å². The van der Waals surface area contributed by atoms with Crippen LogP contribution >= 0.6 is 23.4 Å². The van der Waals surface area contributed by atoms with Crippen molar-refractivity contribution in [3.8, 4) is 0 Å². The molecule has 20 heavy (non-hydrogen) atoms. The van der Waals surface area contributed by atoms with Crippen LogP contribution in [0.1, 0.15) is 20.8 Å². The standard InChI is InChI=1S/C11H15ClF3N3OS/c1-10(2,3)20-5-8(19)16-9-7(12)4-18(17-9)6-11(13,14)15/h4H,5-6H2,1-3H3,(H,16,17,19). The van der Waals surface area contributed by atoms with E-state index in [1.54, 1.807) is 0 Å². The van der Waals surface area contributed by atoms with E-state index in [0.29, 0.717) is 4.68 Å². The van der Waals surface area contributed by atoms with E-state index in [1.165, 1.54) is 11.8 Å². The molecule has 0 atom stereocenters. The molecule has 1 rings (SSSR count). The predicted molar refractivity (Wildman–Crippen MR) is 74.1 cm³/mol. The van der Waals surface area contributed by atoms with Gasteiger partial charge in [-0.05, 0) is 0 Å². The maximum absolute atomic E-state index is 12.2. The number of nitrogens with one attached hydrogen (secondary N) is 1. The molecule has 0 aliphatic rings. The minimum absolute atomic E-state index is 0.0247. The molecule has 0 aliphatic carbocycles. The van der Waals surface area contributed by atoms with E-state index in [0.717, 1.165) is 6.20 Å². The smallest absolute Gasteiger partial charge is 0.307 e. The summed E-state index contributed by atoms with van der Waals surface area (Å²) in [5.74, 6) is -0.245. The Morgan fingerprint density at radius 1 is 1.45 bits per heavy atom. The third kappa shape index (κ3) is 6.51. The van der Waals surface area contributed by atoms with Crippen LogP contribution in [0.4, 0.5) is 19.0 Å². The quantitative estimate of drug-likeness (QED) is 0.918. The number of thioether (sulfide) groups is 1. The zero-order valence-corrected chi connectivity index (χ0v) is 12.8. The molecule has 0 saturated heterocycles. The number of halogens is 4. The van der Waals surface area contributed by atoms with Crippen molar-refractivity contribution in [2.75, 3.05) is 11.1 Å². The minimum atomic E-state index is -4.39. The number of hydrogen-bond acceptors (Lipinski definition) is 3. The highest BCUT2D eigenvalue weighted by Crippen LogP contribution is 2.25. The first-order chi connectivity index (χ1) is 8.96. The number of nitrogens with zero attached hydrogens (tertiary/aromatic N) is 2. The van der Waals surface area contributed by atoms with Crippen molar-refractivity contribution in [1.29, 1.82) is 0 Å². The van der Waals surface area contributed by atoms with Gasteiger partial charge >= 0.3 is 6.18 Å². The van der Waals surface area contributed by atoms with Gasteiger partial charge in [0.1, 0.15) is 11.6 Å². The highest BCUT2D eigenvalue weighted by atomic mass is 35.5. The molecule has 1 aromatic heterocycles. The van der Waals surface area contributed by atoms with Crippen molar-refractivity contribution in [2.45, 2.75) is 38.2 Å². The Balaban J connectivity index is 2.62. The van der Waals surface area contributed by atoms with E-state index in [9.17, 15) is 18.0 Å². The van der Waals surface area contributed by atoms with E-state index >= 15 is 0 Å². The van der Waals surface area contributed by atoms with E-state index in [-0.39, 0.29) is 27.2 Å². The second kappa shape index (κ2) is 6.26. The number of rotatable bonds is 4. The second-order valence-corrected chi connectivity index (χ2v) is 7.30. The Labute approximate surface area is 124 Å². The number of hydrogen-bond donors (Lipinski definition) is 1. The van der Waals surface area contributed by atoms with Crippen molar-refractivity contribution in [3.05, 3.63) is 11.2 Å². The van der Waals surface area contributed by atoms with Crippen LogP contribution in [0, 0.1) is 0 Å². The topological polar surface area (TPSA) is 46.9 Å². The fourth-order valence-corrected chi connectivity index (χ4v) is 2.03. The SMILES string of the molecule is CC(C)(C)SCC(=O)Nc1nn(CC(F)(F)F)cc1Cl. The molecular formula is C11H15ClF3N3OS.